The van der Waals surface area contributed by atoms with Crippen molar-refractivity contribution < 1.29 is 14.6 Å². The molecule has 1 aromatic carbocycles. The number of benzene rings is 1. The number of aliphatic hydroxyl groups excluding tert-OH is 1. The van der Waals surface area contributed by atoms with Gasteiger partial charge in [-0.1, -0.05) is 0 Å². The molecule has 1 heterocycles. The monoisotopic (exact) mass is 208 g/mol. The summed E-state index contributed by atoms with van der Waals surface area (Å²) in [6.45, 7) is 2.49. The average molecular weight is 208 g/mol. The quantitative estimate of drug-likeness (QED) is 0.808. The van der Waals surface area contributed by atoms with E-state index in [0.717, 1.165) is 42.1 Å². The molecule has 2 rings (SSSR count). The maximum Gasteiger partial charge on any atom is 0.126 e. The highest BCUT2D eigenvalue weighted by molar-refractivity contribution is 5.49. The SMILES string of the molecule is COc1cc(C(C)O)cc2c1CCCO2. The molecule has 1 N–H and O–H groups in total. The predicted molar refractivity (Wildman–Crippen MR) is 57.4 cm³/mol. The van der Waals surface area contributed by atoms with Gasteiger partial charge in [0.05, 0.1) is 19.8 Å². The summed E-state index contributed by atoms with van der Waals surface area (Å²) in [4.78, 5) is 0. The molecule has 1 atom stereocenters. The Hall–Kier alpha value is -1.22. The van der Waals surface area contributed by atoms with Crippen LogP contribution >= 0.6 is 0 Å². The fraction of sp³-hybridized carbons (Fsp3) is 0.500. The molecule has 0 amide bonds. The molecule has 0 saturated carbocycles. The first-order valence-electron chi connectivity index (χ1n) is 5.24. The minimum atomic E-state index is -0.491. The number of fused-ring (bicyclic) bond motifs is 1. The fourth-order valence-corrected chi connectivity index (χ4v) is 1.87. The molecular formula is C12H16O3. The summed E-state index contributed by atoms with van der Waals surface area (Å²) in [7, 11) is 1.65. The number of aliphatic hydroxyl groups is 1. The van der Waals surface area contributed by atoms with Crippen molar-refractivity contribution in [2.45, 2.75) is 25.9 Å². The van der Waals surface area contributed by atoms with Crippen molar-refractivity contribution in [2.24, 2.45) is 0 Å². The fourth-order valence-electron chi connectivity index (χ4n) is 1.87. The highest BCUT2D eigenvalue weighted by Crippen LogP contribution is 2.35. The zero-order valence-corrected chi connectivity index (χ0v) is 9.12. The molecule has 1 aliphatic heterocycles. The molecule has 0 bridgehead atoms. The van der Waals surface area contributed by atoms with Crippen LogP contribution < -0.4 is 9.47 Å². The van der Waals surface area contributed by atoms with Gasteiger partial charge in [0.15, 0.2) is 0 Å². The third kappa shape index (κ3) is 1.92. The van der Waals surface area contributed by atoms with Gasteiger partial charge in [0.1, 0.15) is 11.5 Å². The molecule has 0 aliphatic carbocycles. The van der Waals surface area contributed by atoms with E-state index in [9.17, 15) is 5.11 Å². The highest BCUT2D eigenvalue weighted by Gasteiger charge is 2.17. The summed E-state index contributed by atoms with van der Waals surface area (Å²) >= 11 is 0. The van der Waals surface area contributed by atoms with Crippen molar-refractivity contribution in [3.63, 3.8) is 0 Å². The summed E-state index contributed by atoms with van der Waals surface area (Å²) in [5.74, 6) is 1.68. The average Bonchev–Trinajstić information content (AvgIpc) is 2.27. The second kappa shape index (κ2) is 4.11. The van der Waals surface area contributed by atoms with E-state index in [-0.39, 0.29) is 0 Å². The first kappa shape index (κ1) is 10.3. The zero-order chi connectivity index (χ0) is 10.8. The molecule has 1 aromatic rings. The molecule has 0 spiro atoms. The Morgan fingerprint density at radius 1 is 1.47 bits per heavy atom. The smallest absolute Gasteiger partial charge is 0.126 e. The molecule has 3 heteroatoms. The van der Waals surface area contributed by atoms with E-state index in [1.165, 1.54) is 0 Å². The van der Waals surface area contributed by atoms with Crippen LogP contribution in [0.2, 0.25) is 0 Å². The maximum absolute atomic E-state index is 9.53. The lowest BCUT2D eigenvalue weighted by Crippen LogP contribution is -2.10. The van der Waals surface area contributed by atoms with Crippen LogP contribution in [0.25, 0.3) is 0 Å². The zero-order valence-electron chi connectivity index (χ0n) is 9.12. The first-order valence-corrected chi connectivity index (χ1v) is 5.24. The summed E-state index contributed by atoms with van der Waals surface area (Å²) in [5.41, 5.74) is 1.96. The minimum Gasteiger partial charge on any atom is -0.496 e. The van der Waals surface area contributed by atoms with E-state index in [1.807, 2.05) is 12.1 Å². The van der Waals surface area contributed by atoms with Gasteiger partial charge in [-0.15, -0.1) is 0 Å². The Morgan fingerprint density at radius 3 is 2.93 bits per heavy atom. The van der Waals surface area contributed by atoms with Crippen molar-refractivity contribution in [3.05, 3.63) is 23.3 Å². The summed E-state index contributed by atoms with van der Waals surface area (Å²) in [6.07, 6.45) is 1.52. The van der Waals surface area contributed by atoms with Crippen molar-refractivity contribution >= 4 is 0 Å². The summed E-state index contributed by atoms with van der Waals surface area (Å²) < 4.78 is 10.9. The third-order valence-corrected chi connectivity index (χ3v) is 2.72. The number of ether oxygens (including phenoxy) is 2. The van der Waals surface area contributed by atoms with Crippen LogP contribution in [0.4, 0.5) is 0 Å². The Bertz CT molecular complexity index is 341. The van der Waals surface area contributed by atoms with Gasteiger partial charge < -0.3 is 14.6 Å². The lowest BCUT2D eigenvalue weighted by Gasteiger charge is -2.21. The van der Waals surface area contributed by atoms with E-state index in [4.69, 9.17) is 9.47 Å². The van der Waals surface area contributed by atoms with Gasteiger partial charge >= 0.3 is 0 Å². The van der Waals surface area contributed by atoms with Gasteiger partial charge in [0, 0.05) is 5.56 Å². The molecule has 0 radical (unpaired) electrons. The van der Waals surface area contributed by atoms with Crippen LogP contribution in [0.15, 0.2) is 12.1 Å². The molecular weight excluding hydrogens is 192 g/mol. The maximum atomic E-state index is 9.53. The van der Waals surface area contributed by atoms with Crippen molar-refractivity contribution in [2.75, 3.05) is 13.7 Å². The van der Waals surface area contributed by atoms with Crippen molar-refractivity contribution in [1.82, 2.24) is 0 Å². The summed E-state index contributed by atoms with van der Waals surface area (Å²) in [5, 5.41) is 9.53. The molecule has 82 valence electrons. The van der Waals surface area contributed by atoms with Crippen LogP contribution in [-0.4, -0.2) is 18.8 Å². The molecule has 3 nitrogen and oxygen atoms in total. The van der Waals surface area contributed by atoms with Gasteiger partial charge in [-0.25, -0.2) is 0 Å². The summed E-state index contributed by atoms with van der Waals surface area (Å²) in [6, 6.07) is 3.79. The lowest BCUT2D eigenvalue weighted by molar-refractivity contribution is 0.197. The Labute approximate surface area is 89.6 Å². The molecule has 0 fully saturated rings. The largest absolute Gasteiger partial charge is 0.496 e. The lowest BCUT2D eigenvalue weighted by atomic mass is 10.0. The van der Waals surface area contributed by atoms with Crippen LogP contribution in [-0.2, 0) is 6.42 Å². The Kier molecular flexibility index (Phi) is 2.82. The standard InChI is InChI=1S/C12H16O3/c1-8(13)9-6-11(14-2)10-4-3-5-15-12(10)7-9/h6-8,13H,3-5H2,1-2H3. The minimum absolute atomic E-state index is 0.491. The molecule has 0 aromatic heterocycles. The normalized spacial score (nSPS) is 16.5. The number of hydrogen-bond donors (Lipinski definition) is 1. The third-order valence-electron chi connectivity index (χ3n) is 2.72. The first-order chi connectivity index (χ1) is 7.22. The number of hydrogen-bond acceptors (Lipinski definition) is 3. The number of rotatable bonds is 2. The highest BCUT2D eigenvalue weighted by atomic mass is 16.5. The van der Waals surface area contributed by atoms with Crippen LogP contribution in [0, 0.1) is 0 Å². The molecule has 1 unspecified atom stereocenters. The topological polar surface area (TPSA) is 38.7 Å². The second-order valence-corrected chi connectivity index (χ2v) is 3.83. The van der Waals surface area contributed by atoms with Gasteiger partial charge in [-0.05, 0) is 37.5 Å². The van der Waals surface area contributed by atoms with Crippen LogP contribution in [0.3, 0.4) is 0 Å². The molecule has 1 aliphatic rings. The van der Waals surface area contributed by atoms with Crippen molar-refractivity contribution in [3.8, 4) is 11.5 Å². The van der Waals surface area contributed by atoms with E-state index in [0.29, 0.717) is 0 Å². The van der Waals surface area contributed by atoms with Crippen LogP contribution in [0.5, 0.6) is 11.5 Å². The second-order valence-electron chi connectivity index (χ2n) is 3.83. The van der Waals surface area contributed by atoms with E-state index < -0.39 is 6.10 Å². The predicted octanol–water partition coefficient (Wildman–Crippen LogP) is 2.07. The number of methoxy groups -OCH3 is 1. The van der Waals surface area contributed by atoms with E-state index >= 15 is 0 Å². The van der Waals surface area contributed by atoms with E-state index in [1.54, 1.807) is 14.0 Å². The van der Waals surface area contributed by atoms with Gasteiger partial charge in [-0.2, -0.15) is 0 Å². The molecule has 15 heavy (non-hydrogen) atoms. The van der Waals surface area contributed by atoms with Crippen LogP contribution in [0.1, 0.15) is 30.6 Å². The molecule has 0 saturated heterocycles. The van der Waals surface area contributed by atoms with E-state index in [2.05, 4.69) is 0 Å². The van der Waals surface area contributed by atoms with Crippen molar-refractivity contribution in [1.29, 1.82) is 0 Å². The van der Waals surface area contributed by atoms with Gasteiger partial charge in [0.2, 0.25) is 0 Å². The Morgan fingerprint density at radius 2 is 2.27 bits per heavy atom. The van der Waals surface area contributed by atoms with Gasteiger partial charge in [0.25, 0.3) is 0 Å². The Balaban J connectivity index is 2.48. The van der Waals surface area contributed by atoms with Gasteiger partial charge in [-0.3, -0.25) is 0 Å².